The molecule has 2 aromatic rings. The summed E-state index contributed by atoms with van der Waals surface area (Å²) in [7, 11) is 1.79. The molecule has 1 amide bonds. The Bertz CT molecular complexity index is 686. The number of aryl methyl sites for hydroxylation is 1. The molecular weight excluding hydrogens is 346 g/mol. The number of hydrogen-bond acceptors (Lipinski definition) is 4. The van der Waals surface area contributed by atoms with E-state index < -0.39 is 0 Å². The van der Waals surface area contributed by atoms with Crippen LogP contribution in [0.3, 0.4) is 0 Å². The molecule has 2 unspecified atom stereocenters. The third-order valence-corrected chi connectivity index (χ3v) is 4.45. The number of rotatable bonds is 5. The van der Waals surface area contributed by atoms with Crippen LogP contribution in [0.1, 0.15) is 36.5 Å². The Morgan fingerprint density at radius 3 is 3.00 bits per heavy atom. The molecule has 3 rings (SSSR count). The Morgan fingerprint density at radius 2 is 2.32 bits per heavy atom. The molecule has 0 radical (unpaired) electrons. The van der Waals surface area contributed by atoms with Crippen LogP contribution < -0.4 is 0 Å². The highest BCUT2D eigenvalue weighted by Gasteiger charge is 2.45. The third kappa shape index (κ3) is 3.21. The molecule has 0 spiro atoms. The highest BCUT2D eigenvalue weighted by atomic mass is 79.9. The molecule has 0 aliphatic heterocycles. The molecule has 1 heterocycles. The average molecular weight is 364 g/mol. The Kier molecular flexibility index (Phi) is 4.29. The smallest absolute Gasteiger partial charge is 0.246 e. The van der Waals surface area contributed by atoms with Gasteiger partial charge < -0.3 is 9.42 Å². The molecule has 22 heavy (non-hydrogen) atoms. The fraction of sp³-hybridized carbons (Fsp3) is 0.438. The van der Waals surface area contributed by atoms with E-state index in [-0.39, 0.29) is 11.8 Å². The fourth-order valence-electron chi connectivity index (χ4n) is 2.64. The summed E-state index contributed by atoms with van der Waals surface area (Å²) < 4.78 is 6.19. The first-order chi connectivity index (χ1) is 10.6. The van der Waals surface area contributed by atoms with Gasteiger partial charge in [0.2, 0.25) is 11.8 Å². The van der Waals surface area contributed by atoms with Crippen LogP contribution in [0.2, 0.25) is 0 Å². The highest BCUT2D eigenvalue weighted by Crippen LogP contribution is 2.48. The van der Waals surface area contributed by atoms with Crippen molar-refractivity contribution < 1.29 is 9.32 Å². The predicted octanol–water partition coefficient (Wildman–Crippen LogP) is 3.16. The fourth-order valence-corrected chi connectivity index (χ4v) is 3.05. The molecule has 0 saturated heterocycles. The van der Waals surface area contributed by atoms with E-state index in [2.05, 4.69) is 38.2 Å². The van der Waals surface area contributed by atoms with Gasteiger partial charge in [-0.2, -0.15) is 4.98 Å². The van der Waals surface area contributed by atoms with E-state index in [4.69, 9.17) is 4.52 Å². The van der Waals surface area contributed by atoms with Crippen molar-refractivity contribution in [2.24, 2.45) is 5.92 Å². The van der Waals surface area contributed by atoms with Crippen LogP contribution in [-0.4, -0.2) is 28.0 Å². The summed E-state index contributed by atoms with van der Waals surface area (Å²) in [6, 6.07) is 8.17. The van der Waals surface area contributed by atoms with Crippen LogP contribution >= 0.6 is 15.9 Å². The van der Waals surface area contributed by atoms with E-state index in [0.717, 1.165) is 17.3 Å². The number of benzene rings is 1. The minimum atomic E-state index is 0.0628. The molecular formula is C16H18BrN3O2. The minimum absolute atomic E-state index is 0.0628. The number of nitrogens with zero attached hydrogens (tertiary/aromatic N) is 3. The number of carbonyl (C=O) groups is 1. The number of halogens is 1. The van der Waals surface area contributed by atoms with Gasteiger partial charge in [-0.3, -0.25) is 4.79 Å². The van der Waals surface area contributed by atoms with Gasteiger partial charge in [0.1, 0.15) is 0 Å². The van der Waals surface area contributed by atoms with E-state index in [0.29, 0.717) is 24.2 Å². The second-order valence-electron chi connectivity index (χ2n) is 5.66. The maximum Gasteiger partial charge on any atom is 0.246 e. The first kappa shape index (κ1) is 15.2. The van der Waals surface area contributed by atoms with Gasteiger partial charge in [-0.1, -0.05) is 40.1 Å². The molecule has 2 atom stereocenters. The second kappa shape index (κ2) is 6.20. The van der Waals surface area contributed by atoms with Gasteiger partial charge in [-0.15, -0.1) is 0 Å². The molecule has 116 valence electrons. The molecule has 1 aliphatic rings. The highest BCUT2D eigenvalue weighted by molar-refractivity contribution is 9.10. The molecule has 0 N–H and O–H groups in total. The molecule has 1 saturated carbocycles. The summed E-state index contributed by atoms with van der Waals surface area (Å²) in [4.78, 5) is 18.4. The van der Waals surface area contributed by atoms with E-state index >= 15 is 0 Å². The van der Waals surface area contributed by atoms with E-state index in [1.807, 2.05) is 19.1 Å². The summed E-state index contributed by atoms with van der Waals surface area (Å²) in [6.07, 6.45) is 1.64. The lowest BCUT2D eigenvalue weighted by Crippen LogP contribution is -2.28. The first-order valence-corrected chi connectivity index (χ1v) is 8.19. The van der Waals surface area contributed by atoms with Gasteiger partial charge in [-0.25, -0.2) is 0 Å². The van der Waals surface area contributed by atoms with Crippen molar-refractivity contribution in [2.45, 2.75) is 32.2 Å². The summed E-state index contributed by atoms with van der Waals surface area (Å²) in [5.74, 6) is 1.69. The van der Waals surface area contributed by atoms with Gasteiger partial charge in [0.25, 0.3) is 0 Å². The van der Waals surface area contributed by atoms with Crippen LogP contribution in [0.4, 0.5) is 0 Å². The number of aromatic nitrogens is 2. The zero-order valence-corrected chi connectivity index (χ0v) is 14.2. The van der Waals surface area contributed by atoms with Crippen molar-refractivity contribution in [1.82, 2.24) is 15.0 Å². The average Bonchev–Trinajstić information content (AvgIpc) is 3.19. The lowest BCUT2D eigenvalue weighted by atomic mass is 10.1. The van der Waals surface area contributed by atoms with Crippen LogP contribution in [-0.2, 0) is 17.8 Å². The quantitative estimate of drug-likeness (QED) is 0.818. The monoisotopic (exact) mass is 363 g/mol. The van der Waals surface area contributed by atoms with Crippen molar-refractivity contribution >= 4 is 21.8 Å². The summed E-state index contributed by atoms with van der Waals surface area (Å²) in [5.41, 5.74) is 1.21. The van der Waals surface area contributed by atoms with Gasteiger partial charge in [-0.05, 0) is 30.0 Å². The molecule has 1 aromatic heterocycles. The largest absolute Gasteiger partial charge is 0.337 e. The van der Waals surface area contributed by atoms with Gasteiger partial charge in [0.05, 0.1) is 6.54 Å². The van der Waals surface area contributed by atoms with Crippen molar-refractivity contribution in [1.29, 1.82) is 0 Å². The number of carbonyl (C=O) groups excluding carboxylic acids is 1. The first-order valence-electron chi connectivity index (χ1n) is 7.40. The van der Waals surface area contributed by atoms with E-state index in [1.54, 1.807) is 11.9 Å². The predicted molar refractivity (Wildman–Crippen MR) is 85.1 cm³/mol. The van der Waals surface area contributed by atoms with Crippen molar-refractivity contribution in [3.8, 4) is 0 Å². The molecule has 1 fully saturated rings. The number of amides is 1. The lowest BCUT2D eigenvalue weighted by Gasteiger charge is -2.14. The Morgan fingerprint density at radius 1 is 1.50 bits per heavy atom. The Hall–Kier alpha value is -1.69. The standard InChI is InChI=1S/C16H18BrN3O2/c1-3-14-18-15(22-19-14)9-20(2)16(21)13-8-12(13)10-5-4-6-11(17)7-10/h4-7,12-13H,3,8-9H2,1-2H3. The molecule has 5 nitrogen and oxygen atoms in total. The zero-order chi connectivity index (χ0) is 15.7. The second-order valence-corrected chi connectivity index (χ2v) is 6.57. The molecule has 1 aliphatic carbocycles. The summed E-state index contributed by atoms with van der Waals surface area (Å²) in [5, 5.41) is 3.85. The van der Waals surface area contributed by atoms with E-state index in [9.17, 15) is 4.79 Å². The van der Waals surface area contributed by atoms with Gasteiger partial charge in [0.15, 0.2) is 5.82 Å². The zero-order valence-electron chi connectivity index (χ0n) is 12.6. The van der Waals surface area contributed by atoms with Crippen LogP contribution in [0, 0.1) is 5.92 Å². The molecule has 0 bridgehead atoms. The Balaban J connectivity index is 1.60. The van der Waals surface area contributed by atoms with Crippen molar-refractivity contribution in [3.05, 3.63) is 46.0 Å². The topological polar surface area (TPSA) is 59.2 Å². The summed E-state index contributed by atoms with van der Waals surface area (Å²) in [6.45, 7) is 2.34. The SMILES string of the molecule is CCc1noc(CN(C)C(=O)C2CC2c2cccc(Br)c2)n1. The van der Waals surface area contributed by atoms with Gasteiger partial charge in [0, 0.05) is 23.9 Å². The Labute approximate surface area is 137 Å². The molecule has 6 heteroatoms. The lowest BCUT2D eigenvalue weighted by molar-refractivity contribution is -0.132. The van der Waals surface area contributed by atoms with Crippen LogP contribution in [0.15, 0.2) is 33.3 Å². The number of hydrogen-bond donors (Lipinski definition) is 0. The minimum Gasteiger partial charge on any atom is -0.337 e. The van der Waals surface area contributed by atoms with Crippen molar-refractivity contribution in [2.75, 3.05) is 7.05 Å². The summed E-state index contributed by atoms with van der Waals surface area (Å²) >= 11 is 3.47. The normalized spacial score (nSPS) is 20.0. The van der Waals surface area contributed by atoms with Gasteiger partial charge >= 0.3 is 0 Å². The molecule has 1 aromatic carbocycles. The van der Waals surface area contributed by atoms with E-state index in [1.165, 1.54) is 5.56 Å². The van der Waals surface area contributed by atoms with Crippen LogP contribution in [0.25, 0.3) is 0 Å². The maximum absolute atomic E-state index is 12.5. The third-order valence-electron chi connectivity index (χ3n) is 3.96. The van der Waals surface area contributed by atoms with Crippen LogP contribution in [0.5, 0.6) is 0 Å². The maximum atomic E-state index is 12.5. The van der Waals surface area contributed by atoms with Crippen molar-refractivity contribution in [3.63, 3.8) is 0 Å².